The highest BCUT2D eigenvalue weighted by molar-refractivity contribution is 5.38. The lowest BCUT2D eigenvalue weighted by Crippen LogP contribution is -2.25. The highest BCUT2D eigenvalue weighted by atomic mass is 19.1. The maximum Gasteiger partial charge on any atom is 0.128 e. The zero-order chi connectivity index (χ0) is 15.4. The van der Waals surface area contributed by atoms with Crippen molar-refractivity contribution in [3.05, 3.63) is 70.5 Å². The first-order chi connectivity index (χ1) is 10.0. The van der Waals surface area contributed by atoms with Crippen molar-refractivity contribution in [2.75, 3.05) is 6.54 Å². The van der Waals surface area contributed by atoms with E-state index in [-0.39, 0.29) is 5.56 Å². The normalized spacial score (nSPS) is 12.4. The Labute approximate surface area is 122 Å². The van der Waals surface area contributed by atoms with Gasteiger partial charge in [0.15, 0.2) is 0 Å². The second-order valence-corrected chi connectivity index (χ2v) is 5.05. The lowest BCUT2D eigenvalue weighted by Gasteiger charge is -2.22. The van der Waals surface area contributed by atoms with Gasteiger partial charge in [-0.2, -0.15) is 0 Å². The van der Waals surface area contributed by atoms with E-state index >= 15 is 0 Å². The molecule has 4 heteroatoms. The first-order valence-corrected chi connectivity index (χ1v) is 6.97. The summed E-state index contributed by atoms with van der Waals surface area (Å²) in [6, 6.07) is 7.13. The summed E-state index contributed by atoms with van der Waals surface area (Å²) in [6.45, 7) is 4.42. The minimum absolute atomic E-state index is 0.192. The second-order valence-electron chi connectivity index (χ2n) is 5.05. The van der Waals surface area contributed by atoms with Crippen molar-refractivity contribution in [2.45, 2.75) is 26.3 Å². The van der Waals surface area contributed by atoms with Gasteiger partial charge in [-0.3, -0.25) is 0 Å². The third-order valence-corrected chi connectivity index (χ3v) is 3.42. The Morgan fingerprint density at radius 2 is 1.57 bits per heavy atom. The van der Waals surface area contributed by atoms with Crippen LogP contribution in [0.2, 0.25) is 0 Å². The molecule has 2 rings (SSSR count). The number of aryl methyl sites for hydroxylation is 1. The topological polar surface area (TPSA) is 12.0 Å². The van der Waals surface area contributed by atoms with Crippen LogP contribution in [0.1, 0.15) is 36.1 Å². The van der Waals surface area contributed by atoms with Gasteiger partial charge in [0.1, 0.15) is 17.5 Å². The van der Waals surface area contributed by atoms with Crippen LogP contribution in [0.15, 0.2) is 36.4 Å². The van der Waals surface area contributed by atoms with Crippen LogP contribution in [0.5, 0.6) is 0 Å². The van der Waals surface area contributed by atoms with Gasteiger partial charge < -0.3 is 5.32 Å². The van der Waals surface area contributed by atoms with Crippen LogP contribution in [0.25, 0.3) is 0 Å². The van der Waals surface area contributed by atoms with Crippen LogP contribution in [0.3, 0.4) is 0 Å². The van der Waals surface area contributed by atoms with Crippen LogP contribution < -0.4 is 5.32 Å². The van der Waals surface area contributed by atoms with E-state index < -0.39 is 23.5 Å². The molecule has 0 aliphatic rings. The summed E-state index contributed by atoms with van der Waals surface area (Å²) >= 11 is 0. The highest BCUT2D eigenvalue weighted by Crippen LogP contribution is 2.28. The summed E-state index contributed by atoms with van der Waals surface area (Å²) in [5, 5.41) is 3.16. The Morgan fingerprint density at radius 1 is 0.952 bits per heavy atom. The Morgan fingerprint density at radius 3 is 2.24 bits per heavy atom. The van der Waals surface area contributed by atoms with Gasteiger partial charge in [-0.25, -0.2) is 13.2 Å². The van der Waals surface area contributed by atoms with Crippen molar-refractivity contribution in [1.82, 2.24) is 5.32 Å². The number of hydrogen-bond donors (Lipinski definition) is 1. The molecule has 0 saturated carbocycles. The van der Waals surface area contributed by atoms with Crippen LogP contribution in [-0.2, 0) is 0 Å². The van der Waals surface area contributed by atoms with Gasteiger partial charge in [0.25, 0.3) is 0 Å². The molecule has 112 valence electrons. The summed E-state index contributed by atoms with van der Waals surface area (Å²) in [7, 11) is 0. The summed E-state index contributed by atoms with van der Waals surface area (Å²) in [4.78, 5) is 0. The lowest BCUT2D eigenvalue weighted by atomic mass is 9.94. The zero-order valence-electron chi connectivity index (χ0n) is 12.1. The molecule has 0 radical (unpaired) electrons. The molecule has 1 atom stereocenters. The van der Waals surface area contributed by atoms with E-state index in [1.54, 1.807) is 6.07 Å². The van der Waals surface area contributed by atoms with Crippen molar-refractivity contribution in [1.29, 1.82) is 0 Å². The number of benzene rings is 2. The first kappa shape index (κ1) is 15.6. The molecule has 0 fully saturated rings. The molecule has 1 nitrogen and oxygen atoms in total. The van der Waals surface area contributed by atoms with E-state index in [1.165, 1.54) is 12.1 Å². The van der Waals surface area contributed by atoms with Crippen LogP contribution in [0, 0.1) is 24.4 Å². The van der Waals surface area contributed by atoms with Gasteiger partial charge in [0.05, 0.1) is 6.04 Å². The number of rotatable bonds is 5. The molecule has 0 aliphatic heterocycles. The summed E-state index contributed by atoms with van der Waals surface area (Å²) in [5.41, 5.74) is 1.64. The van der Waals surface area contributed by atoms with Crippen molar-refractivity contribution in [2.24, 2.45) is 0 Å². The van der Waals surface area contributed by atoms with E-state index in [1.807, 2.05) is 13.8 Å². The molecule has 2 aromatic carbocycles. The Bertz CT molecular complexity index is 574. The molecule has 2 aromatic rings. The van der Waals surface area contributed by atoms with Crippen LogP contribution in [0.4, 0.5) is 13.2 Å². The Balaban J connectivity index is 2.52. The average molecular weight is 293 g/mol. The summed E-state index contributed by atoms with van der Waals surface area (Å²) in [5.74, 6) is -1.41. The fraction of sp³-hybridized carbons (Fsp3) is 0.294. The maximum absolute atomic E-state index is 14.1. The molecule has 1 unspecified atom stereocenters. The monoisotopic (exact) mass is 293 g/mol. The first-order valence-electron chi connectivity index (χ1n) is 6.97. The van der Waals surface area contributed by atoms with Gasteiger partial charge in [-0.05, 0) is 61.3 Å². The molecule has 0 amide bonds. The molecule has 0 heterocycles. The molecular weight excluding hydrogens is 275 g/mol. The van der Waals surface area contributed by atoms with Gasteiger partial charge >= 0.3 is 0 Å². The fourth-order valence-electron chi connectivity index (χ4n) is 2.33. The predicted octanol–water partition coefficient (Wildman–Crippen LogP) is 4.50. The quantitative estimate of drug-likeness (QED) is 0.855. The number of nitrogens with one attached hydrogen (secondary N) is 1. The van der Waals surface area contributed by atoms with E-state index in [0.717, 1.165) is 30.2 Å². The van der Waals surface area contributed by atoms with Crippen molar-refractivity contribution >= 4 is 0 Å². The van der Waals surface area contributed by atoms with Crippen molar-refractivity contribution in [3.8, 4) is 0 Å². The van der Waals surface area contributed by atoms with Gasteiger partial charge in [-0.1, -0.05) is 13.0 Å². The largest absolute Gasteiger partial charge is 0.306 e. The molecule has 0 aromatic heterocycles. The van der Waals surface area contributed by atoms with Gasteiger partial charge in [-0.15, -0.1) is 0 Å². The molecule has 0 saturated heterocycles. The van der Waals surface area contributed by atoms with E-state index in [9.17, 15) is 13.2 Å². The van der Waals surface area contributed by atoms with Gasteiger partial charge in [0.2, 0.25) is 0 Å². The predicted molar refractivity (Wildman–Crippen MR) is 77.6 cm³/mol. The lowest BCUT2D eigenvalue weighted by molar-refractivity contribution is 0.531. The zero-order valence-corrected chi connectivity index (χ0v) is 12.1. The van der Waals surface area contributed by atoms with Crippen LogP contribution >= 0.6 is 0 Å². The number of halogens is 3. The smallest absolute Gasteiger partial charge is 0.128 e. The fourth-order valence-corrected chi connectivity index (χ4v) is 2.33. The molecule has 0 aliphatic carbocycles. The van der Waals surface area contributed by atoms with E-state index in [0.29, 0.717) is 12.1 Å². The summed E-state index contributed by atoms with van der Waals surface area (Å²) < 4.78 is 41.1. The molecule has 0 bridgehead atoms. The third kappa shape index (κ3) is 3.64. The third-order valence-electron chi connectivity index (χ3n) is 3.42. The maximum atomic E-state index is 14.1. The average Bonchev–Trinajstić information content (AvgIpc) is 2.46. The van der Waals surface area contributed by atoms with Crippen molar-refractivity contribution < 1.29 is 13.2 Å². The molecule has 1 N–H and O–H groups in total. The summed E-state index contributed by atoms with van der Waals surface area (Å²) in [6.07, 6.45) is 0.835. The van der Waals surface area contributed by atoms with Gasteiger partial charge in [0, 0.05) is 5.56 Å². The minimum atomic E-state index is -0.573. The highest BCUT2D eigenvalue weighted by Gasteiger charge is 2.20. The number of hydrogen-bond acceptors (Lipinski definition) is 1. The van der Waals surface area contributed by atoms with Crippen LogP contribution in [-0.4, -0.2) is 6.54 Å². The molecular formula is C17H18F3N. The Hall–Kier alpha value is -1.81. The van der Waals surface area contributed by atoms with E-state index in [4.69, 9.17) is 0 Å². The minimum Gasteiger partial charge on any atom is -0.306 e. The SMILES string of the molecule is CCCNC(c1cc(F)ccc1C)c1cc(F)ccc1F. The second kappa shape index (κ2) is 6.76. The molecule has 21 heavy (non-hydrogen) atoms. The standard InChI is InChI=1S/C17H18F3N/c1-3-8-21-17(14-9-12(18)5-4-11(14)2)15-10-13(19)6-7-16(15)20/h4-7,9-10,17,21H,3,8H2,1-2H3. The molecule has 0 spiro atoms. The van der Waals surface area contributed by atoms with Crippen molar-refractivity contribution in [3.63, 3.8) is 0 Å². The Kier molecular flexibility index (Phi) is 5.02. The van der Waals surface area contributed by atoms with E-state index in [2.05, 4.69) is 5.32 Å².